The number of carbonyl (C=O) groups is 1. The van der Waals surface area contributed by atoms with Gasteiger partial charge in [-0.05, 0) is 42.1 Å². The first-order valence-corrected chi connectivity index (χ1v) is 9.00. The molecule has 0 aliphatic rings. The summed E-state index contributed by atoms with van der Waals surface area (Å²) in [5.74, 6) is 1.26. The normalized spacial score (nSPS) is 11.6. The molecule has 0 aromatic heterocycles. The number of benzene rings is 3. The van der Waals surface area contributed by atoms with Crippen molar-refractivity contribution in [2.45, 2.75) is 19.4 Å². The SMILES string of the molecule is C=CCOc1ccc(NC(=O)[C@H](CC)Oc2cccc3ccccc23)cc1. The predicted octanol–water partition coefficient (Wildman–Crippen LogP) is 5.20. The van der Waals surface area contributed by atoms with Gasteiger partial charge in [0.15, 0.2) is 6.10 Å². The lowest BCUT2D eigenvalue weighted by Crippen LogP contribution is -2.32. The number of anilines is 1. The number of ether oxygens (including phenoxy) is 2. The van der Waals surface area contributed by atoms with E-state index in [-0.39, 0.29) is 5.91 Å². The van der Waals surface area contributed by atoms with Gasteiger partial charge in [0.05, 0.1) is 0 Å². The van der Waals surface area contributed by atoms with Gasteiger partial charge in [-0.3, -0.25) is 4.79 Å². The number of carbonyl (C=O) groups excluding carboxylic acids is 1. The average molecular weight is 361 g/mol. The fourth-order valence-corrected chi connectivity index (χ4v) is 2.79. The highest BCUT2D eigenvalue weighted by atomic mass is 16.5. The Morgan fingerprint density at radius 1 is 1.07 bits per heavy atom. The summed E-state index contributed by atoms with van der Waals surface area (Å²) in [5, 5.41) is 4.98. The Hall–Kier alpha value is -3.27. The van der Waals surface area contributed by atoms with Gasteiger partial charge in [0.25, 0.3) is 5.91 Å². The third kappa shape index (κ3) is 4.67. The summed E-state index contributed by atoms with van der Waals surface area (Å²) in [5.41, 5.74) is 0.700. The summed E-state index contributed by atoms with van der Waals surface area (Å²) < 4.78 is 11.5. The second-order valence-corrected chi connectivity index (χ2v) is 6.11. The number of nitrogens with one attached hydrogen (secondary N) is 1. The highest BCUT2D eigenvalue weighted by Gasteiger charge is 2.19. The van der Waals surface area contributed by atoms with Crippen molar-refractivity contribution in [3.8, 4) is 11.5 Å². The van der Waals surface area contributed by atoms with E-state index in [0.717, 1.165) is 16.5 Å². The van der Waals surface area contributed by atoms with Gasteiger partial charge in [0, 0.05) is 11.1 Å². The molecule has 4 nitrogen and oxygen atoms in total. The first-order valence-electron chi connectivity index (χ1n) is 9.00. The molecule has 27 heavy (non-hydrogen) atoms. The molecule has 3 rings (SSSR count). The molecule has 3 aromatic rings. The largest absolute Gasteiger partial charge is 0.490 e. The zero-order chi connectivity index (χ0) is 19.1. The highest BCUT2D eigenvalue weighted by Crippen LogP contribution is 2.27. The van der Waals surface area contributed by atoms with E-state index in [2.05, 4.69) is 11.9 Å². The van der Waals surface area contributed by atoms with Crippen LogP contribution in [-0.4, -0.2) is 18.6 Å². The van der Waals surface area contributed by atoms with E-state index in [4.69, 9.17) is 9.47 Å². The van der Waals surface area contributed by atoms with E-state index in [9.17, 15) is 4.79 Å². The molecule has 0 saturated heterocycles. The van der Waals surface area contributed by atoms with Crippen molar-refractivity contribution in [2.75, 3.05) is 11.9 Å². The third-order valence-corrected chi connectivity index (χ3v) is 4.17. The Morgan fingerprint density at radius 3 is 2.56 bits per heavy atom. The molecule has 1 atom stereocenters. The van der Waals surface area contributed by atoms with Gasteiger partial charge in [0.1, 0.15) is 18.1 Å². The first kappa shape index (κ1) is 18.5. The molecule has 0 bridgehead atoms. The van der Waals surface area contributed by atoms with Crippen molar-refractivity contribution in [3.63, 3.8) is 0 Å². The van der Waals surface area contributed by atoms with Gasteiger partial charge in [-0.2, -0.15) is 0 Å². The molecule has 3 aromatic carbocycles. The molecule has 0 aliphatic heterocycles. The average Bonchev–Trinajstić information content (AvgIpc) is 2.71. The summed E-state index contributed by atoms with van der Waals surface area (Å²) in [6.45, 7) is 6.00. The van der Waals surface area contributed by atoms with Crippen molar-refractivity contribution in [1.29, 1.82) is 0 Å². The van der Waals surface area contributed by atoms with Crippen LogP contribution in [0.25, 0.3) is 10.8 Å². The maximum Gasteiger partial charge on any atom is 0.265 e. The van der Waals surface area contributed by atoms with Gasteiger partial charge < -0.3 is 14.8 Å². The maximum atomic E-state index is 12.7. The van der Waals surface area contributed by atoms with Crippen LogP contribution in [0.15, 0.2) is 79.4 Å². The highest BCUT2D eigenvalue weighted by molar-refractivity contribution is 5.95. The monoisotopic (exact) mass is 361 g/mol. The smallest absolute Gasteiger partial charge is 0.265 e. The maximum absolute atomic E-state index is 12.7. The van der Waals surface area contributed by atoms with Crippen LogP contribution >= 0.6 is 0 Å². The topological polar surface area (TPSA) is 47.6 Å². The first-order chi connectivity index (χ1) is 13.2. The Labute approximate surface area is 159 Å². The number of amides is 1. The second kappa shape index (κ2) is 8.90. The molecule has 0 unspecified atom stereocenters. The Balaban J connectivity index is 1.69. The fraction of sp³-hybridized carbons (Fsp3) is 0.174. The lowest BCUT2D eigenvalue weighted by molar-refractivity contribution is -0.122. The lowest BCUT2D eigenvalue weighted by Gasteiger charge is -2.18. The minimum absolute atomic E-state index is 0.176. The van der Waals surface area contributed by atoms with Crippen LogP contribution < -0.4 is 14.8 Å². The van der Waals surface area contributed by atoms with E-state index in [1.54, 1.807) is 18.2 Å². The molecule has 1 N–H and O–H groups in total. The molecule has 0 saturated carbocycles. The Bertz CT molecular complexity index is 913. The molecule has 0 radical (unpaired) electrons. The van der Waals surface area contributed by atoms with Crippen LogP contribution in [0.3, 0.4) is 0 Å². The van der Waals surface area contributed by atoms with Gasteiger partial charge in [-0.25, -0.2) is 0 Å². The summed E-state index contributed by atoms with van der Waals surface area (Å²) in [4.78, 5) is 12.7. The van der Waals surface area contributed by atoms with Crippen molar-refractivity contribution in [3.05, 3.63) is 79.4 Å². The molecule has 0 spiro atoms. The molecule has 4 heteroatoms. The van der Waals surface area contributed by atoms with E-state index < -0.39 is 6.10 Å². The minimum Gasteiger partial charge on any atom is -0.490 e. The molecular formula is C23H23NO3. The van der Waals surface area contributed by atoms with Crippen molar-refractivity contribution < 1.29 is 14.3 Å². The van der Waals surface area contributed by atoms with Crippen LogP contribution in [0.2, 0.25) is 0 Å². The summed E-state index contributed by atoms with van der Waals surface area (Å²) >= 11 is 0. The number of rotatable bonds is 8. The summed E-state index contributed by atoms with van der Waals surface area (Å²) in [6.07, 6.45) is 1.68. The molecular weight excluding hydrogens is 338 g/mol. The van der Waals surface area contributed by atoms with Gasteiger partial charge in [-0.15, -0.1) is 0 Å². The van der Waals surface area contributed by atoms with E-state index >= 15 is 0 Å². The number of fused-ring (bicyclic) bond motifs is 1. The van der Waals surface area contributed by atoms with Gasteiger partial charge in [0.2, 0.25) is 0 Å². The molecule has 138 valence electrons. The van der Waals surface area contributed by atoms with Crippen LogP contribution in [0.4, 0.5) is 5.69 Å². The molecule has 0 aliphatic carbocycles. The Morgan fingerprint density at radius 2 is 1.81 bits per heavy atom. The standard InChI is InChI=1S/C23H23NO3/c1-3-16-26-19-14-12-18(13-15-19)24-23(25)21(4-2)27-22-11-7-9-17-8-5-6-10-20(17)22/h3,5-15,21H,1,4,16H2,2H3,(H,24,25)/t21-/m0/s1. The summed E-state index contributed by atoms with van der Waals surface area (Å²) in [6, 6.07) is 21.1. The van der Waals surface area contributed by atoms with E-state index in [1.165, 1.54) is 0 Å². The number of hydrogen-bond donors (Lipinski definition) is 1. The predicted molar refractivity (Wildman–Crippen MR) is 109 cm³/mol. The van der Waals surface area contributed by atoms with Crippen molar-refractivity contribution >= 4 is 22.4 Å². The second-order valence-electron chi connectivity index (χ2n) is 6.11. The zero-order valence-corrected chi connectivity index (χ0v) is 15.4. The van der Waals surface area contributed by atoms with Crippen LogP contribution in [0.5, 0.6) is 11.5 Å². The number of hydrogen-bond acceptors (Lipinski definition) is 3. The Kier molecular flexibility index (Phi) is 6.10. The minimum atomic E-state index is -0.576. The van der Waals surface area contributed by atoms with Crippen LogP contribution in [0.1, 0.15) is 13.3 Å². The lowest BCUT2D eigenvalue weighted by atomic mass is 10.1. The third-order valence-electron chi connectivity index (χ3n) is 4.17. The van der Waals surface area contributed by atoms with Crippen molar-refractivity contribution in [1.82, 2.24) is 0 Å². The van der Waals surface area contributed by atoms with Crippen LogP contribution in [0, 0.1) is 0 Å². The molecule has 0 heterocycles. The molecule has 0 fully saturated rings. The summed E-state index contributed by atoms with van der Waals surface area (Å²) in [7, 11) is 0. The van der Waals surface area contributed by atoms with E-state index in [0.29, 0.717) is 24.5 Å². The van der Waals surface area contributed by atoms with Gasteiger partial charge in [-0.1, -0.05) is 56.0 Å². The van der Waals surface area contributed by atoms with Gasteiger partial charge >= 0.3 is 0 Å². The van der Waals surface area contributed by atoms with E-state index in [1.807, 2.05) is 61.5 Å². The molecule has 1 amide bonds. The van der Waals surface area contributed by atoms with Crippen LogP contribution in [-0.2, 0) is 4.79 Å². The quantitative estimate of drug-likeness (QED) is 0.561. The zero-order valence-electron chi connectivity index (χ0n) is 15.4. The fourth-order valence-electron chi connectivity index (χ4n) is 2.79. The van der Waals surface area contributed by atoms with Crippen molar-refractivity contribution in [2.24, 2.45) is 0 Å².